The van der Waals surface area contributed by atoms with Gasteiger partial charge in [-0.15, -0.1) is 0 Å². The number of hydrogen-bond acceptors (Lipinski definition) is 3. The first-order valence-corrected chi connectivity index (χ1v) is 6.36. The third-order valence-corrected chi connectivity index (χ3v) is 3.44. The molecule has 0 saturated heterocycles. The van der Waals surface area contributed by atoms with Crippen LogP contribution >= 0.6 is 0 Å². The van der Waals surface area contributed by atoms with Crippen LogP contribution < -0.4 is 10.6 Å². The average Bonchev–Trinajstić information content (AvgIpc) is 2.83. The van der Waals surface area contributed by atoms with Gasteiger partial charge in [0.2, 0.25) is 5.91 Å². The van der Waals surface area contributed by atoms with Crippen molar-refractivity contribution in [3.63, 3.8) is 0 Å². The highest BCUT2D eigenvalue weighted by molar-refractivity contribution is 5.95. The number of carbonyl (C=O) groups is 1. The molecule has 1 aliphatic heterocycles. The number of benzene rings is 1. The predicted molar refractivity (Wildman–Crippen MR) is 72.7 cm³/mol. The number of nitrogens with one attached hydrogen (secondary N) is 2. The van der Waals surface area contributed by atoms with Gasteiger partial charge < -0.3 is 10.6 Å². The molecule has 1 aromatic carbocycles. The van der Waals surface area contributed by atoms with E-state index in [-0.39, 0.29) is 11.9 Å². The summed E-state index contributed by atoms with van der Waals surface area (Å²) < 4.78 is 1.65. The zero-order valence-corrected chi connectivity index (χ0v) is 10.8. The van der Waals surface area contributed by atoms with Crippen molar-refractivity contribution < 1.29 is 4.79 Å². The van der Waals surface area contributed by atoms with Gasteiger partial charge in [0, 0.05) is 19.7 Å². The molecule has 1 atom stereocenters. The molecule has 1 aliphatic rings. The highest BCUT2D eigenvalue weighted by Crippen LogP contribution is 2.23. The predicted octanol–water partition coefficient (Wildman–Crippen LogP) is 1.25. The first kappa shape index (κ1) is 11.9. The molecule has 5 nitrogen and oxygen atoms in total. The van der Waals surface area contributed by atoms with Crippen LogP contribution in [0.15, 0.2) is 36.5 Å². The van der Waals surface area contributed by atoms with Gasteiger partial charge in [0.1, 0.15) is 11.9 Å². The average molecular weight is 256 g/mol. The fourth-order valence-corrected chi connectivity index (χ4v) is 2.43. The first-order valence-electron chi connectivity index (χ1n) is 6.36. The Kier molecular flexibility index (Phi) is 3.05. The van der Waals surface area contributed by atoms with E-state index in [1.165, 1.54) is 5.56 Å². The van der Waals surface area contributed by atoms with Crippen LogP contribution in [0.2, 0.25) is 0 Å². The number of carbonyl (C=O) groups excluding carboxylic acids is 1. The van der Waals surface area contributed by atoms with Crippen molar-refractivity contribution in [2.75, 3.05) is 11.9 Å². The largest absolute Gasteiger partial charge is 0.309 e. The molecule has 1 unspecified atom stereocenters. The monoisotopic (exact) mass is 256 g/mol. The zero-order chi connectivity index (χ0) is 13.2. The van der Waals surface area contributed by atoms with Crippen LogP contribution in [0, 0.1) is 0 Å². The molecule has 2 aromatic rings. The van der Waals surface area contributed by atoms with Crippen molar-refractivity contribution in [3.8, 4) is 0 Å². The lowest BCUT2D eigenvalue weighted by Crippen LogP contribution is -2.38. The van der Waals surface area contributed by atoms with Gasteiger partial charge in [0.05, 0.1) is 6.20 Å². The van der Waals surface area contributed by atoms with Gasteiger partial charge in [-0.25, -0.2) is 0 Å². The highest BCUT2D eigenvalue weighted by atomic mass is 16.2. The summed E-state index contributed by atoms with van der Waals surface area (Å²) in [5.41, 5.74) is 2.31. The first-order chi connectivity index (χ1) is 9.25. The Morgan fingerprint density at radius 1 is 1.42 bits per heavy atom. The number of amides is 1. The number of aromatic nitrogens is 2. The minimum atomic E-state index is -0.292. The Balaban J connectivity index is 1.84. The molecule has 0 spiro atoms. The van der Waals surface area contributed by atoms with E-state index in [2.05, 4.69) is 21.8 Å². The third-order valence-electron chi connectivity index (χ3n) is 3.44. The van der Waals surface area contributed by atoms with Crippen molar-refractivity contribution in [3.05, 3.63) is 47.7 Å². The van der Waals surface area contributed by atoms with Gasteiger partial charge in [-0.2, -0.15) is 5.10 Å². The smallest absolute Gasteiger partial charge is 0.247 e. The summed E-state index contributed by atoms with van der Waals surface area (Å²) in [4.78, 5) is 12.4. The highest BCUT2D eigenvalue weighted by Gasteiger charge is 2.26. The number of aryl methyl sites for hydroxylation is 1. The Bertz CT molecular complexity index is 605. The second-order valence-corrected chi connectivity index (χ2v) is 4.67. The quantitative estimate of drug-likeness (QED) is 0.850. The lowest BCUT2D eigenvalue weighted by molar-refractivity contribution is -0.118. The lowest BCUT2D eigenvalue weighted by Gasteiger charge is -2.25. The molecule has 0 fully saturated rings. The van der Waals surface area contributed by atoms with Crippen molar-refractivity contribution in [2.24, 2.45) is 7.05 Å². The number of fused-ring (bicyclic) bond motifs is 1. The van der Waals surface area contributed by atoms with Crippen LogP contribution in [0.25, 0.3) is 0 Å². The number of hydrogen-bond donors (Lipinski definition) is 2. The molecule has 1 aromatic heterocycles. The SMILES string of the molecule is Cn1nccc1NC(=O)C1NCCc2ccccc21. The molecule has 98 valence electrons. The molecule has 0 aliphatic carbocycles. The van der Waals surface area contributed by atoms with E-state index < -0.39 is 0 Å². The van der Waals surface area contributed by atoms with E-state index in [9.17, 15) is 4.79 Å². The molecule has 5 heteroatoms. The Hall–Kier alpha value is -2.14. The summed E-state index contributed by atoms with van der Waals surface area (Å²) in [6.45, 7) is 0.820. The summed E-state index contributed by atoms with van der Waals surface area (Å²) in [6.07, 6.45) is 2.63. The van der Waals surface area contributed by atoms with Gasteiger partial charge in [-0.1, -0.05) is 24.3 Å². The summed E-state index contributed by atoms with van der Waals surface area (Å²) in [5, 5.41) is 10.2. The summed E-state index contributed by atoms with van der Waals surface area (Å²) in [5.74, 6) is 0.658. The van der Waals surface area contributed by atoms with Gasteiger partial charge >= 0.3 is 0 Å². The molecule has 3 rings (SSSR count). The van der Waals surface area contributed by atoms with E-state index >= 15 is 0 Å². The molecular formula is C14H16N4O. The van der Waals surface area contributed by atoms with Crippen molar-refractivity contribution >= 4 is 11.7 Å². The fourth-order valence-electron chi connectivity index (χ4n) is 2.43. The van der Waals surface area contributed by atoms with Gasteiger partial charge in [-0.05, 0) is 17.5 Å². The maximum Gasteiger partial charge on any atom is 0.247 e. The van der Waals surface area contributed by atoms with Gasteiger partial charge in [0.25, 0.3) is 0 Å². The fraction of sp³-hybridized carbons (Fsp3) is 0.286. The van der Waals surface area contributed by atoms with E-state index in [0.717, 1.165) is 18.5 Å². The maximum atomic E-state index is 12.4. The Morgan fingerprint density at radius 2 is 2.26 bits per heavy atom. The number of anilines is 1. The molecule has 2 N–H and O–H groups in total. The Labute approximate surface area is 111 Å². The second kappa shape index (κ2) is 4.85. The zero-order valence-electron chi connectivity index (χ0n) is 10.8. The van der Waals surface area contributed by atoms with Crippen LogP contribution in [0.5, 0.6) is 0 Å². The van der Waals surface area contributed by atoms with E-state index in [4.69, 9.17) is 0 Å². The molecule has 0 radical (unpaired) electrons. The van der Waals surface area contributed by atoms with E-state index in [0.29, 0.717) is 5.82 Å². The Morgan fingerprint density at radius 3 is 3.05 bits per heavy atom. The summed E-state index contributed by atoms with van der Waals surface area (Å²) in [7, 11) is 1.80. The molecule has 0 saturated carbocycles. The van der Waals surface area contributed by atoms with Crippen LogP contribution in [0.4, 0.5) is 5.82 Å². The molecule has 19 heavy (non-hydrogen) atoms. The van der Waals surface area contributed by atoms with Crippen LogP contribution in [-0.4, -0.2) is 22.2 Å². The third kappa shape index (κ3) is 2.24. The van der Waals surface area contributed by atoms with Crippen molar-refractivity contribution in [1.29, 1.82) is 0 Å². The molecule has 0 bridgehead atoms. The van der Waals surface area contributed by atoms with Crippen LogP contribution in [-0.2, 0) is 18.3 Å². The molecular weight excluding hydrogens is 240 g/mol. The van der Waals surface area contributed by atoms with E-state index in [1.54, 1.807) is 24.0 Å². The van der Waals surface area contributed by atoms with Gasteiger partial charge in [-0.3, -0.25) is 9.48 Å². The normalized spacial score (nSPS) is 17.8. The topological polar surface area (TPSA) is 59.0 Å². The van der Waals surface area contributed by atoms with Crippen LogP contribution in [0.1, 0.15) is 17.2 Å². The standard InChI is InChI=1S/C14H16N4O/c1-18-12(7-9-16-18)17-14(19)13-11-5-3-2-4-10(11)6-8-15-13/h2-5,7,9,13,15H,6,8H2,1H3,(H,17,19). The summed E-state index contributed by atoms with van der Waals surface area (Å²) >= 11 is 0. The van der Waals surface area contributed by atoms with Gasteiger partial charge in [0.15, 0.2) is 0 Å². The summed E-state index contributed by atoms with van der Waals surface area (Å²) in [6, 6.07) is 9.57. The minimum absolute atomic E-state index is 0.0456. The number of rotatable bonds is 2. The maximum absolute atomic E-state index is 12.4. The molecule has 2 heterocycles. The number of nitrogens with zero attached hydrogens (tertiary/aromatic N) is 2. The second-order valence-electron chi connectivity index (χ2n) is 4.67. The molecule has 1 amide bonds. The minimum Gasteiger partial charge on any atom is -0.309 e. The lowest BCUT2D eigenvalue weighted by atomic mass is 9.94. The van der Waals surface area contributed by atoms with Crippen molar-refractivity contribution in [1.82, 2.24) is 15.1 Å². The van der Waals surface area contributed by atoms with E-state index in [1.807, 2.05) is 18.2 Å². The van der Waals surface area contributed by atoms with Crippen molar-refractivity contribution in [2.45, 2.75) is 12.5 Å². The van der Waals surface area contributed by atoms with Crippen LogP contribution in [0.3, 0.4) is 0 Å².